The van der Waals surface area contributed by atoms with Crippen LogP contribution in [0, 0.1) is 5.92 Å². The number of fused-ring (bicyclic) bond motifs is 1. The molecule has 0 unspecified atom stereocenters. The SMILES string of the molecule is CN(CC1CCC1)c1ccc2c(C(=O)O)cccc2n1. The molecule has 2 aromatic rings. The van der Waals surface area contributed by atoms with Crippen LogP contribution in [-0.2, 0) is 0 Å². The standard InChI is InChI=1S/C16H18N2O2/c1-18(10-11-4-2-5-11)15-9-8-12-13(16(19)20)6-3-7-14(12)17-15/h3,6-9,11H,2,4-5,10H2,1H3,(H,19,20). The first-order valence-electron chi connectivity index (χ1n) is 6.99. The summed E-state index contributed by atoms with van der Waals surface area (Å²) in [5.74, 6) is 0.780. The van der Waals surface area contributed by atoms with Gasteiger partial charge in [-0.2, -0.15) is 0 Å². The van der Waals surface area contributed by atoms with Crippen LogP contribution in [0.2, 0.25) is 0 Å². The zero-order chi connectivity index (χ0) is 14.1. The maximum absolute atomic E-state index is 11.2. The van der Waals surface area contributed by atoms with E-state index in [2.05, 4.69) is 9.88 Å². The van der Waals surface area contributed by atoms with Crippen LogP contribution in [0.3, 0.4) is 0 Å². The summed E-state index contributed by atoms with van der Waals surface area (Å²) in [6, 6.07) is 8.99. The van der Waals surface area contributed by atoms with Crippen LogP contribution in [0.4, 0.5) is 5.82 Å². The average Bonchev–Trinajstić information content (AvgIpc) is 2.41. The number of hydrogen-bond acceptors (Lipinski definition) is 3. The number of carboxylic acids is 1. The lowest BCUT2D eigenvalue weighted by molar-refractivity contribution is 0.0699. The van der Waals surface area contributed by atoms with Gasteiger partial charge in [0.15, 0.2) is 0 Å². The lowest BCUT2D eigenvalue weighted by Gasteiger charge is -2.30. The molecule has 1 aromatic heterocycles. The van der Waals surface area contributed by atoms with Crippen molar-refractivity contribution in [3.05, 3.63) is 35.9 Å². The number of carbonyl (C=O) groups is 1. The van der Waals surface area contributed by atoms with Crippen molar-refractivity contribution >= 4 is 22.7 Å². The Kier molecular flexibility index (Phi) is 3.30. The molecular formula is C16H18N2O2. The summed E-state index contributed by atoms with van der Waals surface area (Å²) in [6.45, 7) is 1.02. The van der Waals surface area contributed by atoms with Gasteiger partial charge in [0, 0.05) is 19.0 Å². The second-order valence-electron chi connectivity index (χ2n) is 5.52. The molecule has 1 aromatic carbocycles. The highest BCUT2D eigenvalue weighted by Gasteiger charge is 2.20. The molecule has 1 fully saturated rings. The normalized spacial score (nSPS) is 15.1. The number of aromatic nitrogens is 1. The number of anilines is 1. The summed E-state index contributed by atoms with van der Waals surface area (Å²) in [6.07, 6.45) is 3.95. The molecule has 4 nitrogen and oxygen atoms in total. The van der Waals surface area contributed by atoms with E-state index in [1.807, 2.05) is 25.2 Å². The van der Waals surface area contributed by atoms with Gasteiger partial charge in [-0.1, -0.05) is 12.5 Å². The molecule has 4 heteroatoms. The van der Waals surface area contributed by atoms with Gasteiger partial charge in [0.05, 0.1) is 11.1 Å². The van der Waals surface area contributed by atoms with Crippen molar-refractivity contribution in [3.63, 3.8) is 0 Å². The molecule has 3 rings (SSSR count). The Morgan fingerprint density at radius 1 is 1.35 bits per heavy atom. The maximum atomic E-state index is 11.2. The Morgan fingerprint density at radius 2 is 2.15 bits per heavy atom. The lowest BCUT2D eigenvalue weighted by atomic mass is 9.85. The zero-order valence-corrected chi connectivity index (χ0v) is 11.5. The Balaban J connectivity index is 1.92. The molecule has 1 aliphatic rings. The molecule has 104 valence electrons. The van der Waals surface area contributed by atoms with E-state index in [0.29, 0.717) is 10.9 Å². The number of pyridine rings is 1. The molecule has 20 heavy (non-hydrogen) atoms. The monoisotopic (exact) mass is 270 g/mol. The minimum Gasteiger partial charge on any atom is -0.478 e. The minimum absolute atomic E-state index is 0.309. The van der Waals surface area contributed by atoms with Crippen LogP contribution in [0.5, 0.6) is 0 Å². The highest BCUT2D eigenvalue weighted by molar-refractivity contribution is 6.02. The van der Waals surface area contributed by atoms with Crippen molar-refractivity contribution in [2.24, 2.45) is 5.92 Å². The van der Waals surface area contributed by atoms with Gasteiger partial charge in [-0.15, -0.1) is 0 Å². The molecule has 0 saturated heterocycles. The highest BCUT2D eigenvalue weighted by atomic mass is 16.4. The van der Waals surface area contributed by atoms with Crippen molar-refractivity contribution < 1.29 is 9.90 Å². The third kappa shape index (κ3) is 2.33. The largest absolute Gasteiger partial charge is 0.478 e. The van der Waals surface area contributed by atoms with Crippen LogP contribution < -0.4 is 4.90 Å². The molecule has 1 aliphatic carbocycles. The molecular weight excluding hydrogens is 252 g/mol. The van der Waals surface area contributed by atoms with Crippen LogP contribution in [0.1, 0.15) is 29.6 Å². The molecule has 1 N–H and O–H groups in total. The first-order valence-corrected chi connectivity index (χ1v) is 6.99. The van der Waals surface area contributed by atoms with Crippen LogP contribution in [-0.4, -0.2) is 29.7 Å². The quantitative estimate of drug-likeness (QED) is 0.927. The Labute approximate surface area is 118 Å². The number of hydrogen-bond donors (Lipinski definition) is 1. The summed E-state index contributed by atoms with van der Waals surface area (Å²) < 4.78 is 0. The van der Waals surface area contributed by atoms with Crippen molar-refractivity contribution in [2.45, 2.75) is 19.3 Å². The van der Waals surface area contributed by atoms with E-state index in [1.165, 1.54) is 19.3 Å². The summed E-state index contributed by atoms with van der Waals surface area (Å²) in [4.78, 5) is 17.9. The second kappa shape index (κ2) is 5.12. The smallest absolute Gasteiger partial charge is 0.336 e. The molecule has 1 heterocycles. The zero-order valence-electron chi connectivity index (χ0n) is 11.5. The van der Waals surface area contributed by atoms with Gasteiger partial charge in [-0.3, -0.25) is 0 Å². The summed E-state index contributed by atoms with van der Waals surface area (Å²) in [7, 11) is 2.05. The minimum atomic E-state index is -0.909. The molecule has 0 atom stereocenters. The highest BCUT2D eigenvalue weighted by Crippen LogP contribution is 2.28. The van der Waals surface area contributed by atoms with E-state index >= 15 is 0 Å². The van der Waals surface area contributed by atoms with E-state index in [4.69, 9.17) is 0 Å². The number of aromatic carboxylic acids is 1. The number of benzene rings is 1. The molecule has 0 spiro atoms. The van der Waals surface area contributed by atoms with Crippen LogP contribution in [0.25, 0.3) is 10.9 Å². The third-order valence-electron chi connectivity index (χ3n) is 4.10. The lowest BCUT2D eigenvalue weighted by Crippen LogP contribution is -2.29. The first kappa shape index (κ1) is 12.9. The fraction of sp³-hybridized carbons (Fsp3) is 0.375. The Hall–Kier alpha value is -2.10. The fourth-order valence-corrected chi connectivity index (χ4v) is 2.70. The van der Waals surface area contributed by atoms with Gasteiger partial charge in [0.25, 0.3) is 0 Å². The first-order chi connectivity index (χ1) is 9.65. The Morgan fingerprint density at radius 3 is 2.80 bits per heavy atom. The molecule has 0 bridgehead atoms. The van der Waals surface area contributed by atoms with E-state index in [0.717, 1.165) is 23.8 Å². The summed E-state index contributed by atoms with van der Waals surface area (Å²) in [5, 5.41) is 9.88. The predicted octanol–water partition coefficient (Wildman–Crippen LogP) is 3.17. The Bertz CT molecular complexity index is 650. The van der Waals surface area contributed by atoms with Gasteiger partial charge in [-0.25, -0.2) is 9.78 Å². The van der Waals surface area contributed by atoms with E-state index in [9.17, 15) is 9.90 Å². The fourth-order valence-electron chi connectivity index (χ4n) is 2.70. The van der Waals surface area contributed by atoms with Gasteiger partial charge < -0.3 is 10.0 Å². The van der Waals surface area contributed by atoms with Crippen molar-refractivity contribution in [2.75, 3.05) is 18.5 Å². The number of rotatable bonds is 4. The van der Waals surface area contributed by atoms with E-state index in [1.54, 1.807) is 12.1 Å². The maximum Gasteiger partial charge on any atom is 0.336 e. The number of nitrogens with zero attached hydrogens (tertiary/aromatic N) is 2. The van der Waals surface area contributed by atoms with Crippen LogP contribution >= 0.6 is 0 Å². The van der Waals surface area contributed by atoms with Gasteiger partial charge in [0.2, 0.25) is 0 Å². The summed E-state index contributed by atoms with van der Waals surface area (Å²) in [5.41, 5.74) is 1.05. The second-order valence-corrected chi connectivity index (χ2v) is 5.52. The van der Waals surface area contributed by atoms with Crippen LogP contribution in [0.15, 0.2) is 30.3 Å². The van der Waals surface area contributed by atoms with Crippen molar-refractivity contribution in [3.8, 4) is 0 Å². The summed E-state index contributed by atoms with van der Waals surface area (Å²) >= 11 is 0. The van der Waals surface area contributed by atoms with Gasteiger partial charge in [0.1, 0.15) is 5.82 Å². The topological polar surface area (TPSA) is 53.4 Å². The molecule has 1 saturated carbocycles. The molecule has 0 aliphatic heterocycles. The predicted molar refractivity (Wildman–Crippen MR) is 79.3 cm³/mol. The molecule has 0 radical (unpaired) electrons. The third-order valence-corrected chi connectivity index (χ3v) is 4.10. The van der Waals surface area contributed by atoms with Crippen molar-refractivity contribution in [1.82, 2.24) is 4.98 Å². The van der Waals surface area contributed by atoms with E-state index in [-0.39, 0.29) is 0 Å². The average molecular weight is 270 g/mol. The van der Waals surface area contributed by atoms with E-state index < -0.39 is 5.97 Å². The van der Waals surface area contributed by atoms with Crippen molar-refractivity contribution in [1.29, 1.82) is 0 Å². The molecule has 0 amide bonds. The van der Waals surface area contributed by atoms with Gasteiger partial charge >= 0.3 is 5.97 Å². The number of carboxylic acid groups (broad SMARTS) is 1. The van der Waals surface area contributed by atoms with Gasteiger partial charge in [-0.05, 0) is 43.0 Å².